The lowest BCUT2D eigenvalue weighted by atomic mass is 9.92. The van der Waals surface area contributed by atoms with E-state index >= 15 is 0 Å². The number of benzene rings is 1. The lowest BCUT2D eigenvalue weighted by Gasteiger charge is -2.37. The Balaban J connectivity index is 1.81. The second kappa shape index (κ2) is 7.22. The van der Waals surface area contributed by atoms with Crippen LogP contribution in [0.3, 0.4) is 0 Å². The first-order valence-electron chi connectivity index (χ1n) is 9.08. The van der Waals surface area contributed by atoms with Gasteiger partial charge in [-0.25, -0.2) is 0 Å². The average Bonchev–Trinajstić information content (AvgIpc) is 2.56. The Hall–Kier alpha value is -2.42. The maximum atomic E-state index is 4.38. The summed E-state index contributed by atoms with van der Waals surface area (Å²) in [5.74, 6) is 0. The number of piperidine rings is 1. The summed E-state index contributed by atoms with van der Waals surface area (Å²) >= 11 is 0. The third kappa shape index (κ3) is 3.65. The summed E-state index contributed by atoms with van der Waals surface area (Å²) in [6.45, 7) is 16.5. The van der Waals surface area contributed by atoms with Gasteiger partial charge in [-0.15, -0.1) is 0 Å². The van der Waals surface area contributed by atoms with Crippen molar-refractivity contribution in [3.05, 3.63) is 67.0 Å². The van der Waals surface area contributed by atoms with E-state index in [1.165, 1.54) is 19.3 Å². The van der Waals surface area contributed by atoms with E-state index in [0.29, 0.717) is 6.04 Å². The molecule has 1 saturated heterocycles. The lowest BCUT2D eigenvalue weighted by molar-refractivity contribution is 0.341. The zero-order valence-corrected chi connectivity index (χ0v) is 15.3. The number of anilines is 1. The summed E-state index contributed by atoms with van der Waals surface area (Å²) in [5.41, 5.74) is 6.41. The summed E-state index contributed by atoms with van der Waals surface area (Å²) in [5, 5.41) is 6.92. The van der Waals surface area contributed by atoms with Gasteiger partial charge in [-0.3, -0.25) is 0 Å². The molecular formula is C22H29N3. The maximum absolute atomic E-state index is 4.38. The number of allylic oxidation sites excluding steroid dienone is 1. The molecule has 1 heterocycles. The molecule has 1 aromatic rings. The van der Waals surface area contributed by atoms with Crippen LogP contribution in [0.5, 0.6) is 0 Å². The van der Waals surface area contributed by atoms with E-state index in [-0.39, 0.29) is 6.04 Å². The summed E-state index contributed by atoms with van der Waals surface area (Å²) in [6, 6.07) is 7.29. The molecular weight excluding hydrogens is 306 g/mol. The molecule has 0 bridgehead atoms. The fraction of sp³-hybridized carbons (Fsp3) is 0.364. The monoisotopic (exact) mass is 335 g/mol. The molecule has 2 N–H and O–H groups in total. The van der Waals surface area contributed by atoms with Gasteiger partial charge in [0.15, 0.2) is 0 Å². The smallest absolute Gasteiger partial charge is 0.0686 e. The summed E-state index contributed by atoms with van der Waals surface area (Å²) in [6.07, 6.45) is 7.71. The van der Waals surface area contributed by atoms with Crippen LogP contribution < -0.4 is 10.6 Å². The van der Waals surface area contributed by atoms with E-state index in [1.807, 2.05) is 6.08 Å². The Kier molecular flexibility index (Phi) is 5.03. The molecule has 2 aliphatic rings. The molecule has 1 unspecified atom stereocenters. The first-order chi connectivity index (χ1) is 12.0. The SMILES string of the molecule is C=Cc1ccc(NC2CCC2)cc1C(=C)N(C)C1CCC(=C)NC1=C. The van der Waals surface area contributed by atoms with Crippen LogP contribution in [-0.2, 0) is 0 Å². The topological polar surface area (TPSA) is 27.3 Å². The maximum Gasteiger partial charge on any atom is 0.0686 e. The molecule has 0 aromatic heterocycles. The number of rotatable bonds is 6. The van der Waals surface area contributed by atoms with Gasteiger partial charge in [-0.05, 0) is 49.8 Å². The summed E-state index contributed by atoms with van der Waals surface area (Å²) in [4.78, 5) is 2.22. The van der Waals surface area contributed by atoms with E-state index in [9.17, 15) is 0 Å². The van der Waals surface area contributed by atoms with Crippen molar-refractivity contribution in [2.24, 2.45) is 0 Å². The summed E-state index contributed by atoms with van der Waals surface area (Å²) < 4.78 is 0. The predicted molar refractivity (Wildman–Crippen MR) is 109 cm³/mol. The normalized spacial score (nSPS) is 20.4. The van der Waals surface area contributed by atoms with Crippen molar-refractivity contribution in [2.45, 2.75) is 44.2 Å². The van der Waals surface area contributed by atoms with Crippen LogP contribution in [0.4, 0.5) is 5.69 Å². The molecule has 3 nitrogen and oxygen atoms in total. The molecule has 1 aromatic carbocycles. The van der Waals surface area contributed by atoms with Crippen LogP contribution in [0, 0.1) is 0 Å². The molecule has 1 aliphatic heterocycles. The van der Waals surface area contributed by atoms with Gasteiger partial charge >= 0.3 is 0 Å². The van der Waals surface area contributed by atoms with E-state index in [2.05, 4.69) is 67.1 Å². The van der Waals surface area contributed by atoms with Gasteiger partial charge in [0.2, 0.25) is 0 Å². The molecule has 1 atom stereocenters. The Labute approximate surface area is 151 Å². The third-order valence-corrected chi connectivity index (χ3v) is 5.41. The first kappa shape index (κ1) is 17.4. The van der Waals surface area contributed by atoms with Gasteiger partial charge in [0, 0.05) is 41.4 Å². The van der Waals surface area contributed by atoms with E-state index in [1.54, 1.807) is 0 Å². The predicted octanol–water partition coefficient (Wildman–Crippen LogP) is 4.98. The van der Waals surface area contributed by atoms with Gasteiger partial charge in [0.1, 0.15) is 0 Å². The number of likely N-dealkylation sites (N-methyl/N-ethyl adjacent to an activating group) is 1. The fourth-order valence-corrected chi connectivity index (χ4v) is 3.53. The molecule has 0 amide bonds. The van der Waals surface area contributed by atoms with Crippen molar-refractivity contribution >= 4 is 17.5 Å². The van der Waals surface area contributed by atoms with Crippen LogP contribution in [0.15, 0.2) is 55.9 Å². The van der Waals surface area contributed by atoms with Crippen molar-refractivity contribution in [2.75, 3.05) is 12.4 Å². The molecule has 3 heteroatoms. The average molecular weight is 335 g/mol. The van der Waals surface area contributed by atoms with Crippen molar-refractivity contribution in [1.82, 2.24) is 10.2 Å². The van der Waals surface area contributed by atoms with Crippen LogP contribution in [0.1, 0.15) is 43.2 Å². The number of hydrogen-bond donors (Lipinski definition) is 2. The van der Waals surface area contributed by atoms with E-state index in [0.717, 1.165) is 46.7 Å². The van der Waals surface area contributed by atoms with Gasteiger partial charge in [0.25, 0.3) is 0 Å². The van der Waals surface area contributed by atoms with Gasteiger partial charge in [-0.2, -0.15) is 0 Å². The van der Waals surface area contributed by atoms with Crippen molar-refractivity contribution < 1.29 is 0 Å². The fourth-order valence-electron chi connectivity index (χ4n) is 3.53. The highest BCUT2D eigenvalue weighted by Crippen LogP contribution is 2.31. The van der Waals surface area contributed by atoms with Gasteiger partial charge in [0.05, 0.1) is 6.04 Å². The zero-order chi connectivity index (χ0) is 18.0. The van der Waals surface area contributed by atoms with Crippen LogP contribution in [0.2, 0.25) is 0 Å². The number of hydrogen-bond acceptors (Lipinski definition) is 3. The van der Waals surface area contributed by atoms with Crippen molar-refractivity contribution in [1.29, 1.82) is 0 Å². The molecule has 1 saturated carbocycles. The quantitative estimate of drug-likeness (QED) is 0.768. The van der Waals surface area contributed by atoms with Gasteiger partial charge in [-0.1, -0.05) is 38.5 Å². The zero-order valence-electron chi connectivity index (χ0n) is 15.3. The minimum absolute atomic E-state index is 0.221. The Bertz CT molecular complexity index is 712. The number of nitrogens with one attached hydrogen (secondary N) is 2. The minimum Gasteiger partial charge on any atom is -0.382 e. The largest absolute Gasteiger partial charge is 0.382 e. The first-order valence-corrected chi connectivity index (χ1v) is 9.08. The molecule has 0 radical (unpaired) electrons. The van der Waals surface area contributed by atoms with E-state index in [4.69, 9.17) is 0 Å². The Morgan fingerprint density at radius 2 is 2.04 bits per heavy atom. The molecule has 0 spiro atoms. The minimum atomic E-state index is 0.221. The summed E-state index contributed by atoms with van der Waals surface area (Å²) in [7, 11) is 2.09. The second-order valence-corrected chi connectivity index (χ2v) is 7.14. The number of nitrogens with zero attached hydrogens (tertiary/aromatic N) is 1. The molecule has 1 aliphatic carbocycles. The van der Waals surface area contributed by atoms with Crippen LogP contribution >= 0.6 is 0 Å². The third-order valence-electron chi connectivity index (χ3n) is 5.41. The molecule has 3 rings (SSSR count). The van der Waals surface area contributed by atoms with Crippen LogP contribution in [0.25, 0.3) is 11.8 Å². The van der Waals surface area contributed by atoms with E-state index < -0.39 is 0 Å². The van der Waals surface area contributed by atoms with Crippen molar-refractivity contribution in [3.8, 4) is 0 Å². The van der Waals surface area contributed by atoms with Crippen LogP contribution in [-0.4, -0.2) is 24.0 Å². The molecule has 25 heavy (non-hydrogen) atoms. The molecule has 132 valence electrons. The highest BCUT2D eigenvalue weighted by molar-refractivity contribution is 5.75. The molecule has 2 fully saturated rings. The van der Waals surface area contributed by atoms with Crippen molar-refractivity contribution in [3.63, 3.8) is 0 Å². The van der Waals surface area contributed by atoms with Gasteiger partial charge < -0.3 is 15.5 Å². The Morgan fingerprint density at radius 1 is 1.28 bits per heavy atom. The highest BCUT2D eigenvalue weighted by Gasteiger charge is 2.25. The lowest BCUT2D eigenvalue weighted by Crippen LogP contribution is -2.39. The second-order valence-electron chi connectivity index (χ2n) is 7.14. The Morgan fingerprint density at radius 3 is 2.64 bits per heavy atom. The standard InChI is InChI=1S/C22H29N3/c1-6-18-11-12-20(24-19-8-7-9-19)14-21(18)17(4)25(5)22-13-10-15(2)23-16(22)3/h6,11-12,14,19,22-24H,1-4,7-10,13H2,5H3. The highest BCUT2D eigenvalue weighted by atomic mass is 15.2.